The molecule has 0 saturated heterocycles. The van der Waals surface area contributed by atoms with Crippen LogP contribution in [0, 0.1) is 0 Å². The molecule has 0 aliphatic rings. The lowest BCUT2D eigenvalue weighted by atomic mass is 10.0. The molecule has 0 aromatic carbocycles. The van der Waals surface area contributed by atoms with Crippen LogP contribution in [0.5, 0.6) is 0 Å². The van der Waals surface area contributed by atoms with Crippen LogP contribution in [0.15, 0.2) is 72.9 Å². The molecule has 0 fully saturated rings. The van der Waals surface area contributed by atoms with Crippen molar-refractivity contribution in [2.75, 3.05) is 0 Å². The van der Waals surface area contributed by atoms with Crippen molar-refractivity contribution >= 4 is 5.78 Å². The fourth-order valence-electron chi connectivity index (χ4n) is 4.07. The maximum atomic E-state index is 10.9. The van der Waals surface area contributed by atoms with Gasteiger partial charge in [-0.3, -0.25) is 0 Å². The summed E-state index contributed by atoms with van der Waals surface area (Å²) in [5.74, 6) is 0.335. The SMILES string of the molecule is CC/C=C\CC(O)/C=C/C=C\C/C=C\C/C=C\C/C=C\CCCCCCCCCCCCCCC(C)=O. The Hall–Kier alpha value is -1.93. The van der Waals surface area contributed by atoms with Gasteiger partial charge in [-0.25, -0.2) is 0 Å². The van der Waals surface area contributed by atoms with E-state index in [0.29, 0.717) is 12.2 Å². The molecule has 0 rings (SSSR count). The summed E-state index contributed by atoms with van der Waals surface area (Å²) in [6.45, 7) is 3.79. The maximum absolute atomic E-state index is 10.9. The second kappa shape index (κ2) is 30.3. The highest BCUT2D eigenvalue weighted by Gasteiger charge is 1.96. The van der Waals surface area contributed by atoms with Gasteiger partial charge in [0.25, 0.3) is 0 Å². The average molecular weight is 511 g/mol. The van der Waals surface area contributed by atoms with E-state index >= 15 is 0 Å². The van der Waals surface area contributed by atoms with Crippen molar-refractivity contribution in [3.05, 3.63) is 72.9 Å². The number of rotatable bonds is 26. The van der Waals surface area contributed by atoms with Gasteiger partial charge in [-0.2, -0.15) is 0 Å². The zero-order chi connectivity index (χ0) is 27.1. The minimum absolute atomic E-state index is 0.335. The fourth-order valence-corrected chi connectivity index (χ4v) is 4.07. The van der Waals surface area contributed by atoms with Gasteiger partial charge in [-0.1, -0.05) is 144 Å². The lowest BCUT2D eigenvalue weighted by molar-refractivity contribution is -0.117. The molecule has 37 heavy (non-hydrogen) atoms. The lowest BCUT2D eigenvalue weighted by Crippen LogP contribution is -1.98. The Morgan fingerprint density at radius 3 is 1.62 bits per heavy atom. The third kappa shape index (κ3) is 32.0. The van der Waals surface area contributed by atoms with E-state index in [0.717, 1.165) is 38.5 Å². The van der Waals surface area contributed by atoms with Crippen LogP contribution in [0.1, 0.15) is 136 Å². The smallest absolute Gasteiger partial charge is 0.129 e. The number of aliphatic hydroxyl groups excluding tert-OH is 1. The highest BCUT2D eigenvalue weighted by atomic mass is 16.3. The highest BCUT2D eigenvalue weighted by Crippen LogP contribution is 2.13. The van der Waals surface area contributed by atoms with Crippen molar-refractivity contribution < 1.29 is 9.90 Å². The number of unbranched alkanes of at least 4 members (excludes halogenated alkanes) is 12. The summed E-state index contributed by atoms with van der Waals surface area (Å²) in [6.07, 6.45) is 47.7. The number of hydrogen-bond acceptors (Lipinski definition) is 2. The summed E-state index contributed by atoms with van der Waals surface area (Å²) in [5, 5.41) is 9.77. The number of carbonyl (C=O) groups excluding carboxylic acids is 1. The quantitative estimate of drug-likeness (QED) is 0.0713. The van der Waals surface area contributed by atoms with Crippen molar-refractivity contribution in [1.82, 2.24) is 0 Å². The molecule has 2 heteroatoms. The molecular formula is C35H58O2. The van der Waals surface area contributed by atoms with E-state index in [2.05, 4.69) is 55.5 Å². The molecule has 2 nitrogen and oxygen atoms in total. The third-order valence-electron chi connectivity index (χ3n) is 6.33. The van der Waals surface area contributed by atoms with Crippen molar-refractivity contribution in [1.29, 1.82) is 0 Å². The number of aliphatic hydroxyl groups is 1. The Bertz CT molecular complexity index is 663. The molecule has 0 radical (unpaired) electrons. The van der Waals surface area contributed by atoms with E-state index in [1.807, 2.05) is 24.3 Å². The third-order valence-corrected chi connectivity index (χ3v) is 6.33. The van der Waals surface area contributed by atoms with Gasteiger partial charge >= 0.3 is 0 Å². The zero-order valence-electron chi connectivity index (χ0n) is 24.3. The fraction of sp³-hybridized carbons (Fsp3) is 0.629. The van der Waals surface area contributed by atoms with Crippen LogP contribution in [0.4, 0.5) is 0 Å². The predicted octanol–water partition coefficient (Wildman–Crippen LogP) is 10.7. The molecule has 0 aliphatic heterocycles. The van der Waals surface area contributed by atoms with E-state index < -0.39 is 0 Å². The van der Waals surface area contributed by atoms with E-state index in [4.69, 9.17) is 0 Å². The number of carbonyl (C=O) groups is 1. The Labute approximate surface area is 230 Å². The summed E-state index contributed by atoms with van der Waals surface area (Å²) in [4.78, 5) is 10.9. The molecule has 1 unspecified atom stereocenters. The van der Waals surface area contributed by atoms with Gasteiger partial charge < -0.3 is 9.90 Å². The van der Waals surface area contributed by atoms with Gasteiger partial charge in [0.15, 0.2) is 0 Å². The van der Waals surface area contributed by atoms with Crippen LogP contribution in [0.2, 0.25) is 0 Å². The highest BCUT2D eigenvalue weighted by molar-refractivity contribution is 5.75. The first-order valence-corrected chi connectivity index (χ1v) is 15.3. The number of ketones is 1. The summed E-state index contributed by atoms with van der Waals surface area (Å²) in [7, 11) is 0. The molecule has 0 amide bonds. The molecule has 0 saturated carbocycles. The van der Waals surface area contributed by atoms with Crippen LogP contribution in [0.3, 0.4) is 0 Å². The van der Waals surface area contributed by atoms with Crippen LogP contribution in [-0.4, -0.2) is 17.0 Å². The summed E-state index contributed by atoms with van der Waals surface area (Å²) in [5.41, 5.74) is 0. The molecule has 0 heterocycles. The summed E-state index contributed by atoms with van der Waals surface area (Å²) in [6, 6.07) is 0. The Balaban J connectivity index is 3.41. The standard InChI is InChI=1S/C35H58O2/c1-3-4-28-32-35(37)33-30-27-25-23-21-19-17-15-13-11-9-7-5-6-8-10-12-14-16-18-20-22-24-26-29-31-34(2)36/h4,7,9,13,15,19,21,25,27-28,30,33,35,37H,3,5-6,8,10-12,14,16-18,20,22-24,26,29,31-32H2,1-2H3/b9-7-,15-13-,21-19-,27-25-,28-4-,33-30+. The van der Waals surface area contributed by atoms with Crippen molar-refractivity contribution in [2.24, 2.45) is 0 Å². The Kier molecular flexibility index (Phi) is 28.7. The molecule has 1 N–H and O–H groups in total. The molecule has 0 aromatic rings. The number of hydrogen-bond donors (Lipinski definition) is 1. The molecule has 1 atom stereocenters. The molecule has 0 spiro atoms. The van der Waals surface area contributed by atoms with E-state index in [1.54, 1.807) is 6.92 Å². The van der Waals surface area contributed by atoms with Gasteiger partial charge in [0.1, 0.15) is 5.78 Å². The van der Waals surface area contributed by atoms with Gasteiger partial charge in [-0.15, -0.1) is 0 Å². The van der Waals surface area contributed by atoms with Crippen LogP contribution in [0.25, 0.3) is 0 Å². The van der Waals surface area contributed by atoms with E-state index in [9.17, 15) is 9.90 Å². The zero-order valence-corrected chi connectivity index (χ0v) is 24.3. The Morgan fingerprint density at radius 1 is 0.595 bits per heavy atom. The van der Waals surface area contributed by atoms with E-state index in [-0.39, 0.29) is 6.10 Å². The average Bonchev–Trinajstić information content (AvgIpc) is 2.88. The molecule has 0 aromatic heterocycles. The number of allylic oxidation sites excluding steroid dienone is 10. The molecule has 210 valence electrons. The first-order chi connectivity index (χ1) is 18.2. The first kappa shape index (κ1) is 35.1. The molecular weight excluding hydrogens is 452 g/mol. The van der Waals surface area contributed by atoms with Gasteiger partial charge in [-0.05, 0) is 58.3 Å². The minimum atomic E-state index is -0.389. The summed E-state index contributed by atoms with van der Waals surface area (Å²) >= 11 is 0. The van der Waals surface area contributed by atoms with Crippen LogP contribution < -0.4 is 0 Å². The van der Waals surface area contributed by atoms with Gasteiger partial charge in [0.05, 0.1) is 6.10 Å². The molecule has 0 aliphatic carbocycles. The second-order valence-corrected chi connectivity index (χ2v) is 10.1. The second-order valence-electron chi connectivity index (χ2n) is 10.1. The normalized spacial score (nSPS) is 13.6. The van der Waals surface area contributed by atoms with E-state index in [1.165, 1.54) is 77.0 Å². The Morgan fingerprint density at radius 2 is 1.08 bits per heavy atom. The predicted molar refractivity (Wildman–Crippen MR) is 165 cm³/mol. The lowest BCUT2D eigenvalue weighted by Gasteiger charge is -2.02. The summed E-state index contributed by atoms with van der Waals surface area (Å²) < 4.78 is 0. The van der Waals surface area contributed by atoms with Crippen molar-refractivity contribution in [2.45, 2.75) is 142 Å². The number of Topliss-reactive ketones (excluding diaryl/α,β-unsaturated/α-hetero) is 1. The minimum Gasteiger partial charge on any atom is -0.389 e. The molecule has 0 bridgehead atoms. The first-order valence-electron chi connectivity index (χ1n) is 15.3. The largest absolute Gasteiger partial charge is 0.389 e. The monoisotopic (exact) mass is 510 g/mol. The maximum Gasteiger partial charge on any atom is 0.129 e. The van der Waals surface area contributed by atoms with Crippen LogP contribution in [-0.2, 0) is 4.79 Å². The van der Waals surface area contributed by atoms with Gasteiger partial charge in [0, 0.05) is 6.42 Å². The van der Waals surface area contributed by atoms with Crippen molar-refractivity contribution in [3.8, 4) is 0 Å². The topological polar surface area (TPSA) is 37.3 Å². The van der Waals surface area contributed by atoms with Crippen LogP contribution >= 0.6 is 0 Å². The van der Waals surface area contributed by atoms with Crippen molar-refractivity contribution in [3.63, 3.8) is 0 Å². The van der Waals surface area contributed by atoms with Gasteiger partial charge in [0.2, 0.25) is 0 Å².